The van der Waals surface area contributed by atoms with Crippen LogP contribution in [-0.2, 0) is 0 Å². The molecule has 3 nitrogen and oxygen atoms in total. The number of hydrogen-bond donors (Lipinski definition) is 3. The minimum atomic E-state index is -0.178. The summed E-state index contributed by atoms with van der Waals surface area (Å²) in [5.74, 6) is 1.37. The summed E-state index contributed by atoms with van der Waals surface area (Å²) < 4.78 is 0. The van der Waals surface area contributed by atoms with E-state index < -0.39 is 0 Å². The van der Waals surface area contributed by atoms with Crippen LogP contribution in [0.2, 0.25) is 0 Å². The van der Waals surface area contributed by atoms with Crippen LogP contribution in [0.15, 0.2) is 0 Å². The molecule has 0 aromatic rings. The first kappa shape index (κ1) is 14.3. The molecule has 2 aliphatic rings. The molecule has 1 aliphatic carbocycles. The van der Waals surface area contributed by atoms with Crippen LogP contribution in [-0.4, -0.2) is 36.4 Å². The van der Waals surface area contributed by atoms with Crippen LogP contribution in [0.5, 0.6) is 0 Å². The molecule has 2 fully saturated rings. The number of hydrogen-bond acceptors (Lipinski definition) is 3. The van der Waals surface area contributed by atoms with Gasteiger partial charge in [-0.05, 0) is 50.5 Å². The summed E-state index contributed by atoms with van der Waals surface area (Å²) >= 11 is 0. The zero-order chi connectivity index (χ0) is 13.0. The molecule has 0 spiro atoms. The van der Waals surface area contributed by atoms with Crippen molar-refractivity contribution >= 4 is 0 Å². The molecule has 2 rings (SSSR count). The van der Waals surface area contributed by atoms with Crippen LogP contribution >= 0.6 is 0 Å². The standard InChI is InChI=1S/C15H30N2O/c1-11(2)9-12(18)10-17-15-6-3-5-13(15)14-7-4-8-16-14/h11-18H,3-10H2,1-2H3. The Kier molecular flexibility index (Phi) is 5.46. The zero-order valence-corrected chi connectivity index (χ0v) is 12.0. The summed E-state index contributed by atoms with van der Waals surface area (Å²) in [4.78, 5) is 0. The number of rotatable bonds is 6. The van der Waals surface area contributed by atoms with Gasteiger partial charge in [-0.1, -0.05) is 20.3 Å². The van der Waals surface area contributed by atoms with Gasteiger partial charge in [-0.15, -0.1) is 0 Å². The predicted molar refractivity (Wildman–Crippen MR) is 75.6 cm³/mol. The highest BCUT2D eigenvalue weighted by atomic mass is 16.3. The molecule has 4 atom stereocenters. The van der Waals surface area contributed by atoms with Crippen molar-refractivity contribution in [3.8, 4) is 0 Å². The third kappa shape index (κ3) is 3.94. The summed E-state index contributed by atoms with van der Waals surface area (Å²) in [6, 6.07) is 1.36. The molecule has 1 saturated carbocycles. The fourth-order valence-electron chi connectivity index (χ4n) is 3.72. The van der Waals surface area contributed by atoms with E-state index in [1.54, 1.807) is 0 Å². The highest BCUT2D eigenvalue weighted by molar-refractivity contribution is 4.93. The van der Waals surface area contributed by atoms with E-state index in [9.17, 15) is 5.11 Å². The maximum absolute atomic E-state index is 9.95. The van der Waals surface area contributed by atoms with Gasteiger partial charge in [-0.25, -0.2) is 0 Å². The van der Waals surface area contributed by atoms with Gasteiger partial charge in [0.25, 0.3) is 0 Å². The first-order valence-corrected chi connectivity index (χ1v) is 7.81. The second kappa shape index (κ2) is 6.88. The van der Waals surface area contributed by atoms with E-state index >= 15 is 0 Å². The SMILES string of the molecule is CC(C)CC(O)CNC1CCCC1C1CCCN1. The maximum atomic E-state index is 9.95. The van der Waals surface area contributed by atoms with E-state index in [0.29, 0.717) is 12.0 Å². The van der Waals surface area contributed by atoms with Crippen LogP contribution in [0.4, 0.5) is 0 Å². The molecule has 1 aliphatic heterocycles. The molecule has 1 saturated heterocycles. The van der Waals surface area contributed by atoms with Gasteiger partial charge in [0, 0.05) is 18.6 Å². The third-order valence-electron chi connectivity index (χ3n) is 4.54. The van der Waals surface area contributed by atoms with Crippen molar-refractivity contribution in [1.29, 1.82) is 0 Å². The molecule has 0 aromatic carbocycles. The first-order valence-electron chi connectivity index (χ1n) is 7.81. The van der Waals surface area contributed by atoms with Gasteiger partial charge in [-0.3, -0.25) is 0 Å². The number of nitrogens with one attached hydrogen (secondary N) is 2. The van der Waals surface area contributed by atoms with Gasteiger partial charge < -0.3 is 15.7 Å². The van der Waals surface area contributed by atoms with Crippen molar-refractivity contribution < 1.29 is 5.11 Å². The number of aliphatic hydroxyl groups excluding tert-OH is 1. The molecule has 18 heavy (non-hydrogen) atoms. The van der Waals surface area contributed by atoms with E-state index in [0.717, 1.165) is 24.9 Å². The lowest BCUT2D eigenvalue weighted by Gasteiger charge is -2.27. The van der Waals surface area contributed by atoms with Crippen molar-refractivity contribution in [3.63, 3.8) is 0 Å². The Labute approximate surface area is 112 Å². The van der Waals surface area contributed by atoms with Gasteiger partial charge in [0.05, 0.1) is 6.10 Å². The zero-order valence-electron chi connectivity index (χ0n) is 12.0. The Bertz CT molecular complexity index is 239. The van der Waals surface area contributed by atoms with Crippen molar-refractivity contribution in [2.24, 2.45) is 11.8 Å². The summed E-state index contributed by atoms with van der Waals surface area (Å²) in [5.41, 5.74) is 0. The quantitative estimate of drug-likeness (QED) is 0.678. The van der Waals surface area contributed by atoms with Crippen LogP contribution < -0.4 is 10.6 Å². The van der Waals surface area contributed by atoms with Gasteiger partial charge in [0.15, 0.2) is 0 Å². The molecular weight excluding hydrogens is 224 g/mol. The summed E-state index contributed by atoms with van der Waals surface area (Å²) in [6.07, 6.45) is 7.41. The van der Waals surface area contributed by atoms with E-state index in [-0.39, 0.29) is 6.10 Å². The Morgan fingerprint density at radius 1 is 1.22 bits per heavy atom. The van der Waals surface area contributed by atoms with Gasteiger partial charge in [0.1, 0.15) is 0 Å². The Morgan fingerprint density at radius 3 is 2.72 bits per heavy atom. The van der Waals surface area contributed by atoms with Crippen molar-refractivity contribution in [2.45, 2.75) is 70.6 Å². The minimum absolute atomic E-state index is 0.178. The lowest BCUT2D eigenvalue weighted by atomic mass is 9.93. The number of aliphatic hydroxyl groups is 1. The average molecular weight is 254 g/mol. The van der Waals surface area contributed by atoms with E-state index in [4.69, 9.17) is 0 Å². The van der Waals surface area contributed by atoms with Crippen LogP contribution in [0.1, 0.15) is 52.4 Å². The molecule has 0 aromatic heterocycles. The lowest BCUT2D eigenvalue weighted by Crippen LogP contribution is -2.44. The van der Waals surface area contributed by atoms with E-state index in [1.807, 2.05) is 0 Å². The van der Waals surface area contributed by atoms with Crippen LogP contribution in [0, 0.1) is 11.8 Å². The largest absolute Gasteiger partial charge is 0.392 e. The predicted octanol–water partition coefficient (Wildman–Crippen LogP) is 1.90. The molecule has 4 unspecified atom stereocenters. The topological polar surface area (TPSA) is 44.3 Å². The summed E-state index contributed by atoms with van der Waals surface area (Å²) in [6.45, 7) is 6.31. The molecule has 3 N–H and O–H groups in total. The molecule has 0 bridgehead atoms. The average Bonchev–Trinajstić information content (AvgIpc) is 2.96. The molecular formula is C15H30N2O. The van der Waals surface area contributed by atoms with Crippen molar-refractivity contribution in [3.05, 3.63) is 0 Å². The Hall–Kier alpha value is -0.120. The third-order valence-corrected chi connectivity index (χ3v) is 4.54. The molecule has 0 amide bonds. The first-order chi connectivity index (χ1) is 8.66. The van der Waals surface area contributed by atoms with Gasteiger partial charge in [-0.2, -0.15) is 0 Å². The second-order valence-corrected chi connectivity index (χ2v) is 6.60. The lowest BCUT2D eigenvalue weighted by molar-refractivity contribution is 0.138. The maximum Gasteiger partial charge on any atom is 0.0667 e. The fourth-order valence-corrected chi connectivity index (χ4v) is 3.72. The monoisotopic (exact) mass is 254 g/mol. The highest BCUT2D eigenvalue weighted by Gasteiger charge is 2.34. The highest BCUT2D eigenvalue weighted by Crippen LogP contribution is 2.31. The second-order valence-electron chi connectivity index (χ2n) is 6.60. The van der Waals surface area contributed by atoms with Gasteiger partial charge >= 0.3 is 0 Å². The normalized spacial score (nSPS) is 34.3. The summed E-state index contributed by atoms with van der Waals surface area (Å²) in [7, 11) is 0. The van der Waals surface area contributed by atoms with Crippen molar-refractivity contribution in [2.75, 3.05) is 13.1 Å². The molecule has 3 heteroatoms. The smallest absolute Gasteiger partial charge is 0.0667 e. The van der Waals surface area contributed by atoms with E-state index in [2.05, 4.69) is 24.5 Å². The summed E-state index contributed by atoms with van der Waals surface area (Å²) in [5, 5.41) is 17.2. The Morgan fingerprint density at radius 2 is 2.06 bits per heavy atom. The van der Waals surface area contributed by atoms with Gasteiger partial charge in [0.2, 0.25) is 0 Å². The molecule has 0 radical (unpaired) electrons. The fraction of sp³-hybridized carbons (Fsp3) is 1.00. The molecule has 1 heterocycles. The van der Waals surface area contributed by atoms with Crippen LogP contribution in [0.3, 0.4) is 0 Å². The Balaban J connectivity index is 1.73. The van der Waals surface area contributed by atoms with Crippen LogP contribution in [0.25, 0.3) is 0 Å². The van der Waals surface area contributed by atoms with E-state index in [1.165, 1.54) is 38.6 Å². The van der Waals surface area contributed by atoms with Crippen molar-refractivity contribution in [1.82, 2.24) is 10.6 Å². The molecule has 106 valence electrons. The minimum Gasteiger partial charge on any atom is -0.392 e.